The Bertz CT molecular complexity index is 613. The molecule has 0 bridgehead atoms. The molecule has 27 heavy (non-hydrogen) atoms. The van der Waals surface area contributed by atoms with Crippen molar-refractivity contribution >= 4 is 48.3 Å². The number of thiol groups is 1. The SMILES string of the molecule is NC(CS)C(=O)NC(CC(=O)O)C(=O)NCC(=O)NC(CC(=O)O)C(=O)O. The number of hydrogen-bond acceptors (Lipinski definition) is 8. The van der Waals surface area contributed by atoms with E-state index in [2.05, 4.69) is 17.9 Å². The Kier molecular flexibility index (Phi) is 10.4. The van der Waals surface area contributed by atoms with Crippen molar-refractivity contribution < 1.29 is 44.1 Å². The number of carbonyl (C=O) groups is 6. The molecule has 0 saturated heterocycles. The second-order valence-electron chi connectivity index (χ2n) is 5.22. The standard InChI is InChI=1S/C13H20N4O9S/c14-5(4-27)11(23)17-6(1-9(19)20)12(24)15-3-8(18)16-7(13(25)26)2-10(21)22/h5-7,27H,1-4,14H2,(H,15,24)(H,16,18)(H,17,23)(H,19,20)(H,21,22)(H,25,26). The van der Waals surface area contributed by atoms with E-state index in [1.54, 1.807) is 0 Å². The van der Waals surface area contributed by atoms with E-state index >= 15 is 0 Å². The molecule has 0 spiro atoms. The molecule has 0 heterocycles. The van der Waals surface area contributed by atoms with Crippen LogP contribution in [-0.4, -0.2) is 81.4 Å². The minimum atomic E-state index is -1.71. The van der Waals surface area contributed by atoms with Crippen molar-refractivity contribution in [3.05, 3.63) is 0 Å². The fraction of sp³-hybridized carbons (Fsp3) is 0.538. The molecular formula is C13H20N4O9S. The molecule has 13 nitrogen and oxygen atoms in total. The number of amides is 3. The van der Waals surface area contributed by atoms with Crippen LogP contribution in [0, 0.1) is 0 Å². The highest BCUT2D eigenvalue weighted by Crippen LogP contribution is 1.96. The van der Waals surface area contributed by atoms with E-state index in [1.165, 1.54) is 0 Å². The van der Waals surface area contributed by atoms with Gasteiger partial charge in [0.05, 0.1) is 25.4 Å². The number of carboxylic acid groups (broad SMARTS) is 3. The van der Waals surface area contributed by atoms with Gasteiger partial charge in [0.1, 0.15) is 12.1 Å². The van der Waals surface area contributed by atoms with Gasteiger partial charge < -0.3 is 37.0 Å². The highest BCUT2D eigenvalue weighted by atomic mass is 32.1. The maximum absolute atomic E-state index is 12.0. The Morgan fingerprint density at radius 3 is 1.81 bits per heavy atom. The third-order valence-corrected chi connectivity index (χ3v) is 3.37. The Labute approximate surface area is 158 Å². The largest absolute Gasteiger partial charge is 0.481 e. The van der Waals surface area contributed by atoms with Crippen LogP contribution in [0.15, 0.2) is 0 Å². The lowest BCUT2D eigenvalue weighted by atomic mass is 10.1. The second kappa shape index (κ2) is 11.7. The Hall–Kier alpha value is -2.87. The molecule has 0 aliphatic heterocycles. The molecule has 0 aromatic carbocycles. The molecule has 0 rings (SSSR count). The van der Waals surface area contributed by atoms with Gasteiger partial charge >= 0.3 is 17.9 Å². The maximum Gasteiger partial charge on any atom is 0.326 e. The number of carboxylic acids is 3. The lowest BCUT2D eigenvalue weighted by molar-refractivity contribution is -0.147. The van der Waals surface area contributed by atoms with Crippen LogP contribution in [-0.2, 0) is 28.8 Å². The zero-order valence-electron chi connectivity index (χ0n) is 13.9. The van der Waals surface area contributed by atoms with Crippen LogP contribution in [0.2, 0.25) is 0 Å². The minimum absolute atomic E-state index is 0.0597. The van der Waals surface area contributed by atoms with Crippen molar-refractivity contribution in [3.63, 3.8) is 0 Å². The Balaban J connectivity index is 4.80. The molecule has 0 fully saturated rings. The number of rotatable bonds is 12. The summed E-state index contributed by atoms with van der Waals surface area (Å²) in [6.07, 6.45) is -1.68. The molecule has 0 saturated carbocycles. The van der Waals surface area contributed by atoms with Crippen LogP contribution in [0.1, 0.15) is 12.8 Å². The van der Waals surface area contributed by atoms with Crippen molar-refractivity contribution in [2.24, 2.45) is 5.73 Å². The van der Waals surface area contributed by atoms with Crippen molar-refractivity contribution in [3.8, 4) is 0 Å². The number of aliphatic carboxylic acids is 3. The van der Waals surface area contributed by atoms with Crippen LogP contribution >= 0.6 is 12.6 Å². The molecule has 0 aromatic rings. The van der Waals surface area contributed by atoms with Gasteiger partial charge in [-0.3, -0.25) is 24.0 Å². The Morgan fingerprint density at radius 2 is 1.37 bits per heavy atom. The van der Waals surface area contributed by atoms with E-state index in [4.69, 9.17) is 21.1 Å². The van der Waals surface area contributed by atoms with Crippen molar-refractivity contribution in [1.29, 1.82) is 0 Å². The van der Waals surface area contributed by atoms with Crippen LogP contribution in [0.3, 0.4) is 0 Å². The highest BCUT2D eigenvalue weighted by molar-refractivity contribution is 7.80. The van der Waals surface area contributed by atoms with Gasteiger partial charge in [0.15, 0.2) is 0 Å². The zero-order valence-corrected chi connectivity index (χ0v) is 14.8. The highest BCUT2D eigenvalue weighted by Gasteiger charge is 2.27. The summed E-state index contributed by atoms with van der Waals surface area (Å²) in [5.41, 5.74) is 5.41. The first-order valence-electron chi connectivity index (χ1n) is 7.38. The molecule has 3 unspecified atom stereocenters. The molecular weight excluding hydrogens is 388 g/mol. The monoisotopic (exact) mass is 408 g/mol. The van der Waals surface area contributed by atoms with Crippen LogP contribution in [0.4, 0.5) is 0 Å². The molecule has 0 aliphatic rings. The van der Waals surface area contributed by atoms with Crippen molar-refractivity contribution in [2.75, 3.05) is 12.3 Å². The summed E-state index contributed by atoms with van der Waals surface area (Å²) in [6.45, 7) is -0.771. The van der Waals surface area contributed by atoms with E-state index in [0.29, 0.717) is 0 Å². The fourth-order valence-corrected chi connectivity index (χ4v) is 1.82. The topological polar surface area (TPSA) is 225 Å². The lowest BCUT2D eigenvalue weighted by Gasteiger charge is -2.19. The quantitative estimate of drug-likeness (QED) is 0.148. The number of nitrogens with one attached hydrogen (secondary N) is 3. The summed E-state index contributed by atoms with van der Waals surface area (Å²) in [5, 5.41) is 32.2. The third kappa shape index (κ3) is 10.0. The minimum Gasteiger partial charge on any atom is -0.481 e. The van der Waals surface area contributed by atoms with Gasteiger partial charge in [-0.05, 0) is 0 Å². The molecule has 0 aliphatic carbocycles. The lowest BCUT2D eigenvalue weighted by Crippen LogP contribution is -2.54. The number of carbonyl (C=O) groups excluding carboxylic acids is 3. The summed E-state index contributed by atoms with van der Waals surface area (Å²) in [5.74, 6) is -7.40. The molecule has 3 atom stereocenters. The first-order valence-corrected chi connectivity index (χ1v) is 8.01. The van der Waals surface area contributed by atoms with Gasteiger partial charge in [-0.2, -0.15) is 12.6 Å². The van der Waals surface area contributed by atoms with Gasteiger partial charge in [-0.15, -0.1) is 0 Å². The summed E-state index contributed by atoms with van der Waals surface area (Å²) < 4.78 is 0. The Morgan fingerprint density at radius 1 is 0.852 bits per heavy atom. The first kappa shape index (κ1) is 24.1. The molecule has 8 N–H and O–H groups in total. The van der Waals surface area contributed by atoms with E-state index in [-0.39, 0.29) is 5.75 Å². The molecule has 0 radical (unpaired) electrons. The zero-order chi connectivity index (χ0) is 21.1. The average molecular weight is 408 g/mol. The van der Waals surface area contributed by atoms with Gasteiger partial charge in [-0.25, -0.2) is 4.79 Å². The first-order chi connectivity index (χ1) is 12.5. The van der Waals surface area contributed by atoms with E-state index < -0.39 is 73.1 Å². The van der Waals surface area contributed by atoms with Gasteiger partial charge in [-0.1, -0.05) is 0 Å². The average Bonchev–Trinajstić information content (AvgIpc) is 2.56. The summed E-state index contributed by atoms with van der Waals surface area (Å²) >= 11 is 3.79. The van der Waals surface area contributed by atoms with Crippen LogP contribution in [0.5, 0.6) is 0 Å². The summed E-state index contributed by atoms with van der Waals surface area (Å²) in [4.78, 5) is 67.5. The van der Waals surface area contributed by atoms with Gasteiger partial charge in [0.25, 0.3) is 0 Å². The number of nitrogens with two attached hydrogens (primary N) is 1. The van der Waals surface area contributed by atoms with Crippen LogP contribution in [0.25, 0.3) is 0 Å². The summed E-state index contributed by atoms with van der Waals surface area (Å²) in [6, 6.07) is -4.34. The molecule has 3 amide bonds. The molecule has 14 heteroatoms. The number of hydrogen-bond donors (Lipinski definition) is 8. The van der Waals surface area contributed by atoms with E-state index in [9.17, 15) is 28.8 Å². The predicted octanol–water partition coefficient (Wildman–Crippen LogP) is -3.64. The van der Waals surface area contributed by atoms with Crippen molar-refractivity contribution in [2.45, 2.75) is 31.0 Å². The van der Waals surface area contributed by atoms with E-state index in [1.807, 2.05) is 10.6 Å². The van der Waals surface area contributed by atoms with Gasteiger partial charge in [0.2, 0.25) is 17.7 Å². The van der Waals surface area contributed by atoms with Crippen molar-refractivity contribution in [1.82, 2.24) is 16.0 Å². The van der Waals surface area contributed by atoms with Gasteiger partial charge in [0, 0.05) is 5.75 Å². The molecule has 0 aromatic heterocycles. The maximum atomic E-state index is 12.0. The van der Waals surface area contributed by atoms with E-state index in [0.717, 1.165) is 0 Å². The third-order valence-electron chi connectivity index (χ3n) is 2.98. The predicted molar refractivity (Wildman–Crippen MR) is 90.8 cm³/mol. The summed E-state index contributed by atoms with van der Waals surface area (Å²) in [7, 11) is 0. The fourth-order valence-electron chi connectivity index (χ4n) is 1.66. The van der Waals surface area contributed by atoms with Crippen LogP contribution < -0.4 is 21.7 Å². The molecule has 152 valence electrons. The second-order valence-corrected chi connectivity index (χ2v) is 5.59. The smallest absolute Gasteiger partial charge is 0.326 e. The normalized spacial score (nSPS) is 13.6.